The smallest absolute Gasteiger partial charge is 0.410 e. The number of nitrogens with zero attached hydrogens (tertiary/aromatic N) is 3. The molecule has 1 aliphatic heterocycles. The number of fused-ring (bicyclic) bond motifs is 1. The molecule has 0 unspecified atom stereocenters. The lowest BCUT2D eigenvalue weighted by Gasteiger charge is -2.26. The van der Waals surface area contributed by atoms with Crippen molar-refractivity contribution in [3.8, 4) is 6.07 Å². The number of amides is 2. The number of anilines is 1. The first-order valence-corrected chi connectivity index (χ1v) is 11.3. The van der Waals surface area contributed by atoms with Gasteiger partial charge in [0.1, 0.15) is 10.8 Å². The maximum absolute atomic E-state index is 12.5. The molecule has 0 aliphatic carbocycles. The number of thiophene rings is 1. The van der Waals surface area contributed by atoms with Gasteiger partial charge in [-0.3, -0.25) is 9.78 Å². The van der Waals surface area contributed by atoms with Crippen molar-refractivity contribution in [2.75, 3.05) is 18.5 Å². The highest BCUT2D eigenvalue weighted by Gasteiger charge is 2.28. The summed E-state index contributed by atoms with van der Waals surface area (Å²) in [5, 5.41) is 12.8. The summed E-state index contributed by atoms with van der Waals surface area (Å²) >= 11 is 1.40. The number of ether oxygens (including phenoxy) is 1. The summed E-state index contributed by atoms with van der Waals surface area (Å²) in [7, 11) is 0. The van der Waals surface area contributed by atoms with E-state index in [4.69, 9.17) is 9.15 Å². The van der Waals surface area contributed by atoms with E-state index in [2.05, 4.69) is 16.4 Å². The summed E-state index contributed by atoms with van der Waals surface area (Å²) in [5.74, 6) is 0.264. The Kier molecular flexibility index (Phi) is 7.17. The molecule has 8 nitrogen and oxygen atoms in total. The molecule has 0 saturated carbocycles. The Labute approximate surface area is 195 Å². The van der Waals surface area contributed by atoms with Crippen LogP contribution in [0.15, 0.2) is 53.3 Å². The molecule has 1 N–H and O–H groups in total. The lowest BCUT2D eigenvalue weighted by molar-refractivity contribution is -0.111. The molecule has 1 aliphatic rings. The third-order valence-corrected chi connectivity index (χ3v) is 6.34. The van der Waals surface area contributed by atoms with Crippen LogP contribution in [-0.2, 0) is 35.3 Å². The Bertz CT molecular complexity index is 1180. The Morgan fingerprint density at radius 2 is 2.24 bits per heavy atom. The second-order valence-corrected chi connectivity index (χ2v) is 8.45. The lowest BCUT2D eigenvalue weighted by Crippen LogP contribution is -2.36. The Balaban J connectivity index is 1.39. The van der Waals surface area contributed by atoms with E-state index in [0.717, 1.165) is 21.7 Å². The van der Waals surface area contributed by atoms with Crippen molar-refractivity contribution in [1.82, 2.24) is 9.88 Å². The zero-order valence-corrected chi connectivity index (χ0v) is 18.6. The molecule has 9 heteroatoms. The van der Waals surface area contributed by atoms with Gasteiger partial charge in [-0.1, -0.05) is 6.07 Å². The molecule has 4 rings (SSSR count). The first-order chi connectivity index (χ1) is 16.1. The Hall–Kier alpha value is -3.90. The molecule has 3 aromatic rings. The molecule has 0 spiro atoms. The molecule has 168 valence electrons. The largest absolute Gasteiger partial charge is 0.465 e. The van der Waals surface area contributed by atoms with Gasteiger partial charge in [-0.2, -0.15) is 5.26 Å². The molecule has 0 fully saturated rings. The van der Waals surface area contributed by atoms with Crippen LogP contribution in [0.5, 0.6) is 0 Å². The number of carbonyl (C=O) groups excluding carboxylic acids is 2. The van der Waals surface area contributed by atoms with Crippen LogP contribution in [0.25, 0.3) is 6.08 Å². The second kappa shape index (κ2) is 10.6. The number of furan rings is 1. The predicted octanol–water partition coefficient (Wildman–Crippen LogP) is 4.19. The summed E-state index contributed by atoms with van der Waals surface area (Å²) in [4.78, 5) is 31.7. The number of aromatic nitrogens is 1. The Morgan fingerprint density at radius 1 is 1.33 bits per heavy atom. The van der Waals surface area contributed by atoms with Crippen LogP contribution in [0.1, 0.15) is 27.5 Å². The van der Waals surface area contributed by atoms with Crippen molar-refractivity contribution in [3.63, 3.8) is 0 Å². The van der Waals surface area contributed by atoms with Crippen LogP contribution < -0.4 is 5.32 Å². The third-order valence-electron chi connectivity index (χ3n) is 5.17. The molecule has 0 radical (unpaired) electrons. The minimum absolute atomic E-state index is 0.192. The van der Waals surface area contributed by atoms with E-state index < -0.39 is 0 Å². The first-order valence-electron chi connectivity index (χ1n) is 10.5. The van der Waals surface area contributed by atoms with Crippen molar-refractivity contribution >= 4 is 34.4 Å². The summed E-state index contributed by atoms with van der Waals surface area (Å²) in [5.41, 5.74) is 2.72. The molecule has 33 heavy (non-hydrogen) atoms. The van der Waals surface area contributed by atoms with Crippen LogP contribution in [0.4, 0.5) is 9.80 Å². The predicted molar refractivity (Wildman–Crippen MR) is 123 cm³/mol. The van der Waals surface area contributed by atoms with E-state index in [0.29, 0.717) is 36.7 Å². The standard InChI is InChI=1S/C24H22N4O4S/c25-11-8-20-19-9-13-28(24(30)32-15-10-17-4-1-2-12-26-17)16-21(19)33-23(20)27-22(29)7-6-18-5-3-14-31-18/h1-7,12,14H,8-10,13,15-16H2,(H,27,29). The topological polar surface area (TPSA) is 108 Å². The van der Waals surface area contributed by atoms with Crippen LogP contribution in [0.3, 0.4) is 0 Å². The van der Waals surface area contributed by atoms with Gasteiger partial charge in [-0.05, 0) is 42.3 Å². The first kappa shape index (κ1) is 22.3. The monoisotopic (exact) mass is 462 g/mol. The van der Waals surface area contributed by atoms with Gasteiger partial charge >= 0.3 is 6.09 Å². The van der Waals surface area contributed by atoms with E-state index in [9.17, 15) is 14.9 Å². The summed E-state index contributed by atoms with van der Waals surface area (Å²) < 4.78 is 10.6. The van der Waals surface area contributed by atoms with Crippen LogP contribution in [0.2, 0.25) is 0 Å². The van der Waals surface area contributed by atoms with E-state index in [1.54, 1.807) is 29.3 Å². The molecule has 0 atom stereocenters. The van der Waals surface area contributed by atoms with Crippen molar-refractivity contribution < 1.29 is 18.7 Å². The summed E-state index contributed by atoms with van der Waals surface area (Å²) in [6.45, 7) is 1.14. The average Bonchev–Trinajstić information content (AvgIpc) is 3.46. The number of hydrogen-bond acceptors (Lipinski definition) is 7. The van der Waals surface area contributed by atoms with E-state index in [1.807, 2.05) is 18.2 Å². The molecule has 4 heterocycles. The van der Waals surface area contributed by atoms with E-state index >= 15 is 0 Å². The maximum Gasteiger partial charge on any atom is 0.410 e. The molecule has 3 aromatic heterocycles. The molecule has 2 amide bonds. The Morgan fingerprint density at radius 3 is 3.00 bits per heavy atom. The highest BCUT2D eigenvalue weighted by atomic mass is 32.1. The zero-order chi connectivity index (χ0) is 23.0. The molecule has 0 bridgehead atoms. The van der Waals surface area contributed by atoms with Crippen molar-refractivity contribution in [2.24, 2.45) is 0 Å². The number of rotatable bonds is 7. The minimum atomic E-state index is -0.376. The average molecular weight is 463 g/mol. The van der Waals surface area contributed by atoms with Gasteiger partial charge in [0.2, 0.25) is 5.91 Å². The van der Waals surface area contributed by atoms with Gasteiger partial charge < -0.3 is 19.4 Å². The van der Waals surface area contributed by atoms with Gasteiger partial charge in [0.25, 0.3) is 0 Å². The molecular weight excluding hydrogens is 440 g/mol. The lowest BCUT2D eigenvalue weighted by atomic mass is 10.0. The molecule has 0 saturated heterocycles. The SMILES string of the molecule is N#CCc1c(NC(=O)C=Cc2ccco2)sc2c1CCN(C(=O)OCCc1ccccn1)C2. The highest BCUT2D eigenvalue weighted by molar-refractivity contribution is 7.16. The normalized spacial score (nSPS) is 12.9. The van der Waals surface area contributed by atoms with Crippen molar-refractivity contribution in [3.05, 3.63) is 76.3 Å². The van der Waals surface area contributed by atoms with Gasteiger partial charge in [-0.15, -0.1) is 11.3 Å². The maximum atomic E-state index is 12.5. The van der Waals surface area contributed by atoms with Crippen LogP contribution in [-0.4, -0.2) is 35.0 Å². The fourth-order valence-corrected chi connectivity index (χ4v) is 4.85. The molecule has 0 aromatic carbocycles. The highest BCUT2D eigenvalue weighted by Crippen LogP contribution is 2.37. The number of hydrogen-bond donors (Lipinski definition) is 1. The summed E-state index contributed by atoms with van der Waals surface area (Å²) in [6.07, 6.45) is 7.19. The zero-order valence-electron chi connectivity index (χ0n) is 17.8. The molecular formula is C24H22N4O4S. The quantitative estimate of drug-likeness (QED) is 0.528. The van der Waals surface area contributed by atoms with Crippen LogP contribution in [0, 0.1) is 11.3 Å². The van der Waals surface area contributed by atoms with E-state index in [1.165, 1.54) is 23.7 Å². The second-order valence-electron chi connectivity index (χ2n) is 7.34. The van der Waals surface area contributed by atoms with Crippen molar-refractivity contribution in [2.45, 2.75) is 25.8 Å². The number of pyridine rings is 1. The summed E-state index contributed by atoms with van der Waals surface area (Å²) in [6, 6.07) is 11.3. The van der Waals surface area contributed by atoms with Gasteiger partial charge in [0.15, 0.2) is 0 Å². The van der Waals surface area contributed by atoms with Gasteiger partial charge in [-0.25, -0.2) is 4.79 Å². The van der Waals surface area contributed by atoms with Crippen LogP contribution >= 0.6 is 11.3 Å². The fourth-order valence-electron chi connectivity index (χ4n) is 3.57. The van der Waals surface area contributed by atoms with Gasteiger partial charge in [0.05, 0.1) is 31.9 Å². The number of carbonyl (C=O) groups is 2. The number of nitriles is 1. The van der Waals surface area contributed by atoms with Gasteiger partial charge in [0, 0.05) is 41.4 Å². The van der Waals surface area contributed by atoms with E-state index in [-0.39, 0.29) is 25.0 Å². The van der Waals surface area contributed by atoms with Crippen molar-refractivity contribution in [1.29, 1.82) is 5.26 Å². The minimum Gasteiger partial charge on any atom is -0.465 e. The third kappa shape index (κ3) is 5.67. The fraction of sp³-hybridized carbons (Fsp3) is 0.250. The number of nitrogens with one attached hydrogen (secondary N) is 1.